The normalized spacial score (nSPS) is 28.6. The van der Waals surface area contributed by atoms with Gasteiger partial charge in [0.05, 0.1) is 6.26 Å². The molecule has 1 aromatic rings. The third-order valence-electron chi connectivity index (χ3n) is 4.22. The molecule has 3 heteroatoms. The van der Waals surface area contributed by atoms with E-state index in [1.807, 2.05) is 6.26 Å². The van der Waals surface area contributed by atoms with Gasteiger partial charge < -0.3 is 9.73 Å². The zero-order valence-electron chi connectivity index (χ0n) is 10.6. The molecule has 1 aromatic heterocycles. The summed E-state index contributed by atoms with van der Waals surface area (Å²) in [4.78, 5) is 2.51. The van der Waals surface area contributed by atoms with Gasteiger partial charge in [-0.25, -0.2) is 0 Å². The summed E-state index contributed by atoms with van der Waals surface area (Å²) < 4.78 is 5.56. The van der Waals surface area contributed by atoms with Crippen molar-refractivity contribution in [3.8, 4) is 0 Å². The van der Waals surface area contributed by atoms with Crippen LogP contribution in [-0.2, 0) is 6.42 Å². The van der Waals surface area contributed by atoms with Crippen molar-refractivity contribution in [2.24, 2.45) is 0 Å². The summed E-state index contributed by atoms with van der Waals surface area (Å²) in [5, 5.41) is 3.58. The summed E-state index contributed by atoms with van der Waals surface area (Å²) in [5.74, 6) is 1.22. The van der Waals surface area contributed by atoms with E-state index in [-0.39, 0.29) is 0 Å². The van der Waals surface area contributed by atoms with Gasteiger partial charge in [0.1, 0.15) is 5.76 Å². The third-order valence-corrected chi connectivity index (χ3v) is 4.22. The van der Waals surface area contributed by atoms with Crippen LogP contribution < -0.4 is 5.32 Å². The molecule has 0 aromatic carbocycles. The molecule has 1 saturated heterocycles. The number of hydrogen-bond donors (Lipinski definition) is 1. The molecule has 1 fully saturated rings. The summed E-state index contributed by atoms with van der Waals surface area (Å²) in [6.07, 6.45) is 8.16. The van der Waals surface area contributed by atoms with Crippen molar-refractivity contribution >= 4 is 0 Å². The Morgan fingerprint density at radius 3 is 3.18 bits per heavy atom. The van der Waals surface area contributed by atoms with Crippen molar-refractivity contribution in [2.45, 2.75) is 44.2 Å². The molecule has 0 bridgehead atoms. The van der Waals surface area contributed by atoms with E-state index in [2.05, 4.69) is 23.3 Å². The Morgan fingerprint density at radius 1 is 1.41 bits per heavy atom. The maximum Gasteiger partial charge on any atom is 0.108 e. The van der Waals surface area contributed by atoms with E-state index in [1.54, 1.807) is 0 Å². The first-order chi connectivity index (χ1) is 8.34. The fourth-order valence-electron chi connectivity index (χ4n) is 3.31. The Labute approximate surface area is 103 Å². The molecule has 0 saturated carbocycles. The van der Waals surface area contributed by atoms with E-state index in [0.717, 1.165) is 13.0 Å². The highest BCUT2D eigenvalue weighted by Crippen LogP contribution is 2.34. The van der Waals surface area contributed by atoms with Crippen molar-refractivity contribution in [2.75, 3.05) is 20.1 Å². The molecule has 0 amide bonds. The predicted octanol–water partition coefficient (Wildman–Crippen LogP) is 2.34. The summed E-state index contributed by atoms with van der Waals surface area (Å²) in [5.41, 5.74) is 1.43. The Hall–Kier alpha value is -0.800. The molecule has 1 N–H and O–H groups in total. The predicted molar refractivity (Wildman–Crippen MR) is 68.0 cm³/mol. The molecule has 3 rings (SSSR count). The molecule has 94 valence electrons. The van der Waals surface area contributed by atoms with Crippen molar-refractivity contribution in [3.63, 3.8) is 0 Å². The third kappa shape index (κ3) is 2.26. The lowest BCUT2D eigenvalue weighted by molar-refractivity contribution is 0.199. The van der Waals surface area contributed by atoms with Gasteiger partial charge in [-0.2, -0.15) is 0 Å². The first-order valence-electron chi connectivity index (χ1n) is 6.84. The van der Waals surface area contributed by atoms with Crippen molar-refractivity contribution in [1.29, 1.82) is 0 Å². The molecule has 1 aliphatic heterocycles. The first kappa shape index (κ1) is 11.3. The molecule has 1 aliphatic carbocycles. The lowest BCUT2D eigenvalue weighted by Crippen LogP contribution is -2.38. The van der Waals surface area contributed by atoms with Gasteiger partial charge in [-0.05, 0) is 45.3 Å². The van der Waals surface area contributed by atoms with E-state index in [0.29, 0.717) is 12.1 Å². The maximum atomic E-state index is 5.56. The van der Waals surface area contributed by atoms with Crippen molar-refractivity contribution in [3.05, 3.63) is 23.7 Å². The molecular formula is C14H22N2O. The Morgan fingerprint density at radius 2 is 2.35 bits per heavy atom. The van der Waals surface area contributed by atoms with Crippen LogP contribution in [0.15, 0.2) is 16.7 Å². The van der Waals surface area contributed by atoms with Crippen LogP contribution in [-0.4, -0.2) is 31.1 Å². The van der Waals surface area contributed by atoms with Gasteiger partial charge in [-0.15, -0.1) is 0 Å². The van der Waals surface area contributed by atoms with Gasteiger partial charge in [0.2, 0.25) is 0 Å². The average Bonchev–Trinajstić information content (AvgIpc) is 2.97. The first-order valence-corrected chi connectivity index (χ1v) is 6.84. The average molecular weight is 234 g/mol. The van der Waals surface area contributed by atoms with E-state index in [4.69, 9.17) is 4.42 Å². The summed E-state index contributed by atoms with van der Waals surface area (Å²) in [7, 11) is 2.26. The van der Waals surface area contributed by atoms with Gasteiger partial charge in [-0.3, -0.25) is 4.90 Å². The largest absolute Gasteiger partial charge is 0.469 e. The highest BCUT2D eigenvalue weighted by atomic mass is 16.3. The van der Waals surface area contributed by atoms with Gasteiger partial charge >= 0.3 is 0 Å². The van der Waals surface area contributed by atoms with E-state index < -0.39 is 0 Å². The number of furan rings is 1. The minimum Gasteiger partial charge on any atom is -0.469 e. The van der Waals surface area contributed by atoms with Gasteiger partial charge in [0, 0.05) is 30.6 Å². The van der Waals surface area contributed by atoms with Crippen LogP contribution in [0.1, 0.15) is 43.0 Å². The zero-order chi connectivity index (χ0) is 11.7. The molecule has 2 heterocycles. The molecule has 3 nitrogen and oxygen atoms in total. The number of fused-ring (bicyclic) bond motifs is 1. The van der Waals surface area contributed by atoms with E-state index in [9.17, 15) is 0 Å². The quantitative estimate of drug-likeness (QED) is 0.870. The number of nitrogens with one attached hydrogen (secondary N) is 1. The second kappa shape index (κ2) is 4.83. The van der Waals surface area contributed by atoms with E-state index in [1.165, 1.54) is 43.6 Å². The van der Waals surface area contributed by atoms with Gasteiger partial charge in [0.25, 0.3) is 0 Å². The topological polar surface area (TPSA) is 28.4 Å². The Kier molecular flexibility index (Phi) is 3.21. The molecule has 0 spiro atoms. The SMILES string of the molecule is CN(CC1CCCN1)C1CCCc2occc21. The van der Waals surface area contributed by atoms with Crippen LogP contribution >= 0.6 is 0 Å². The molecule has 2 unspecified atom stereocenters. The highest BCUT2D eigenvalue weighted by molar-refractivity contribution is 5.24. The van der Waals surface area contributed by atoms with Crippen LogP contribution in [0.4, 0.5) is 0 Å². The van der Waals surface area contributed by atoms with Crippen LogP contribution in [0.5, 0.6) is 0 Å². The number of rotatable bonds is 3. The van der Waals surface area contributed by atoms with Crippen molar-refractivity contribution in [1.82, 2.24) is 10.2 Å². The van der Waals surface area contributed by atoms with Crippen LogP contribution in [0.2, 0.25) is 0 Å². The molecule has 2 atom stereocenters. The molecular weight excluding hydrogens is 212 g/mol. The number of aryl methyl sites for hydroxylation is 1. The highest BCUT2D eigenvalue weighted by Gasteiger charge is 2.27. The zero-order valence-corrected chi connectivity index (χ0v) is 10.6. The molecule has 17 heavy (non-hydrogen) atoms. The number of likely N-dealkylation sites (N-methyl/N-ethyl adjacent to an activating group) is 1. The van der Waals surface area contributed by atoms with Crippen LogP contribution in [0.3, 0.4) is 0 Å². The monoisotopic (exact) mass is 234 g/mol. The Bertz CT molecular complexity index is 368. The van der Waals surface area contributed by atoms with Gasteiger partial charge in [0.15, 0.2) is 0 Å². The Balaban J connectivity index is 1.68. The van der Waals surface area contributed by atoms with E-state index >= 15 is 0 Å². The lowest BCUT2D eigenvalue weighted by Gasteiger charge is -2.32. The van der Waals surface area contributed by atoms with Crippen LogP contribution in [0, 0.1) is 0 Å². The lowest BCUT2D eigenvalue weighted by atomic mass is 9.92. The fraction of sp³-hybridized carbons (Fsp3) is 0.714. The standard InChI is InChI=1S/C14H22N2O/c1-16(10-11-4-3-8-15-11)13-5-2-6-14-12(13)7-9-17-14/h7,9,11,13,15H,2-6,8,10H2,1H3. The smallest absolute Gasteiger partial charge is 0.108 e. The minimum absolute atomic E-state index is 0.569. The van der Waals surface area contributed by atoms with Crippen LogP contribution in [0.25, 0.3) is 0 Å². The van der Waals surface area contributed by atoms with Gasteiger partial charge in [-0.1, -0.05) is 0 Å². The van der Waals surface area contributed by atoms with Crippen molar-refractivity contribution < 1.29 is 4.42 Å². The summed E-state index contributed by atoms with van der Waals surface area (Å²) >= 11 is 0. The summed E-state index contributed by atoms with van der Waals surface area (Å²) in [6, 6.07) is 3.43. The number of hydrogen-bond acceptors (Lipinski definition) is 3. The second-order valence-electron chi connectivity index (χ2n) is 5.44. The maximum absolute atomic E-state index is 5.56. The number of nitrogens with zero attached hydrogens (tertiary/aromatic N) is 1. The molecule has 2 aliphatic rings. The fourth-order valence-corrected chi connectivity index (χ4v) is 3.31. The second-order valence-corrected chi connectivity index (χ2v) is 5.44. The summed E-state index contributed by atoms with van der Waals surface area (Å²) in [6.45, 7) is 2.36. The molecule has 0 radical (unpaired) electrons. The minimum atomic E-state index is 0.569.